The fraction of sp³-hybridized carbons (Fsp3) is 0. The van der Waals surface area contributed by atoms with Crippen molar-refractivity contribution in [2.24, 2.45) is 5.16 Å². The van der Waals surface area contributed by atoms with Crippen LogP contribution in [-0.2, 0) is 4.79 Å². The minimum atomic E-state index is -0.123. The van der Waals surface area contributed by atoms with Gasteiger partial charge in [-0.1, -0.05) is 23.4 Å². The summed E-state index contributed by atoms with van der Waals surface area (Å²) in [4.78, 5) is 19.5. The predicted octanol–water partition coefficient (Wildman–Crippen LogP) is 1.01. The standard InChI is InChI=1S/C10H7N4O2S/c11-10-12-9(14-17-10)8(6-15)13-16-7-4-2-1-3-5-7/h1-5H,(H2,11,12,14)/b13-8+. The second kappa shape index (κ2) is 5.17. The van der Waals surface area contributed by atoms with Crippen LogP contribution in [0.15, 0.2) is 35.5 Å². The molecule has 6 nitrogen and oxygen atoms in total. The summed E-state index contributed by atoms with van der Waals surface area (Å²) in [6.45, 7) is 0. The van der Waals surface area contributed by atoms with E-state index in [-0.39, 0.29) is 16.7 Å². The second-order valence-corrected chi connectivity index (χ2v) is 3.69. The molecule has 0 atom stereocenters. The highest BCUT2D eigenvalue weighted by molar-refractivity contribution is 7.09. The summed E-state index contributed by atoms with van der Waals surface area (Å²) in [5, 5.41) is 3.87. The van der Waals surface area contributed by atoms with Crippen molar-refractivity contribution in [3.05, 3.63) is 36.2 Å². The summed E-state index contributed by atoms with van der Waals surface area (Å²) < 4.78 is 3.83. The highest BCUT2D eigenvalue weighted by Crippen LogP contribution is 2.10. The maximum atomic E-state index is 10.7. The van der Waals surface area contributed by atoms with Crippen molar-refractivity contribution in [2.75, 3.05) is 5.73 Å². The van der Waals surface area contributed by atoms with Crippen LogP contribution in [0.1, 0.15) is 5.82 Å². The molecule has 0 spiro atoms. The van der Waals surface area contributed by atoms with Gasteiger partial charge in [0, 0.05) is 11.5 Å². The van der Waals surface area contributed by atoms with Crippen LogP contribution in [-0.4, -0.2) is 21.4 Å². The number of nitrogens with zero attached hydrogens (tertiary/aromatic N) is 3. The summed E-state index contributed by atoms with van der Waals surface area (Å²) in [5.74, 6) is 0.613. The minimum Gasteiger partial charge on any atom is -0.374 e. The lowest BCUT2D eigenvalue weighted by Crippen LogP contribution is -2.07. The van der Waals surface area contributed by atoms with Crippen LogP contribution in [0.5, 0.6) is 5.75 Å². The molecule has 17 heavy (non-hydrogen) atoms. The van der Waals surface area contributed by atoms with Gasteiger partial charge in [-0.05, 0) is 12.1 Å². The summed E-state index contributed by atoms with van der Waals surface area (Å²) in [7, 11) is 0. The number of hydrogen-bond donors (Lipinski definition) is 1. The Kier molecular flexibility index (Phi) is 3.41. The molecule has 0 amide bonds. The number of para-hydroxylation sites is 1. The van der Waals surface area contributed by atoms with Gasteiger partial charge in [0.2, 0.25) is 5.82 Å². The predicted molar refractivity (Wildman–Crippen MR) is 63.6 cm³/mol. The second-order valence-electron chi connectivity index (χ2n) is 2.90. The Balaban J connectivity index is 2.16. The minimum absolute atomic E-state index is 0.110. The first kappa shape index (κ1) is 11.2. The van der Waals surface area contributed by atoms with Crippen molar-refractivity contribution >= 4 is 28.7 Å². The van der Waals surface area contributed by atoms with Crippen LogP contribution in [0.4, 0.5) is 5.13 Å². The van der Waals surface area contributed by atoms with Crippen LogP contribution >= 0.6 is 11.5 Å². The van der Waals surface area contributed by atoms with Gasteiger partial charge in [-0.2, -0.15) is 9.36 Å². The molecule has 2 rings (SSSR count). The molecular weight excluding hydrogens is 240 g/mol. The third kappa shape index (κ3) is 2.85. The smallest absolute Gasteiger partial charge is 0.261 e. The zero-order chi connectivity index (χ0) is 12.1. The summed E-state index contributed by atoms with van der Waals surface area (Å²) in [5.41, 5.74) is 5.27. The molecule has 1 aromatic carbocycles. The zero-order valence-electron chi connectivity index (χ0n) is 8.53. The monoisotopic (exact) mass is 247 g/mol. The van der Waals surface area contributed by atoms with Crippen LogP contribution in [0.3, 0.4) is 0 Å². The number of carbonyl (C=O) groups excluding carboxylic acids is 1. The Morgan fingerprint density at radius 2 is 2.18 bits per heavy atom. The number of nitrogens with two attached hydrogens (primary N) is 1. The maximum Gasteiger partial charge on any atom is 0.261 e. The molecule has 0 aliphatic rings. The van der Waals surface area contributed by atoms with E-state index in [1.165, 1.54) is 0 Å². The van der Waals surface area contributed by atoms with E-state index in [0.717, 1.165) is 11.5 Å². The molecule has 0 saturated heterocycles. The van der Waals surface area contributed by atoms with Crippen molar-refractivity contribution in [3.8, 4) is 5.75 Å². The number of oxime groups is 1. The topological polar surface area (TPSA) is 90.5 Å². The van der Waals surface area contributed by atoms with E-state index in [9.17, 15) is 4.79 Å². The van der Waals surface area contributed by atoms with E-state index in [1.54, 1.807) is 30.6 Å². The number of benzene rings is 1. The van der Waals surface area contributed by atoms with Gasteiger partial charge in [-0.15, -0.1) is 0 Å². The molecule has 0 unspecified atom stereocenters. The van der Waals surface area contributed by atoms with E-state index < -0.39 is 0 Å². The van der Waals surface area contributed by atoms with Crippen molar-refractivity contribution in [1.82, 2.24) is 9.36 Å². The van der Waals surface area contributed by atoms with Crippen molar-refractivity contribution < 1.29 is 9.63 Å². The Hall–Kier alpha value is -2.28. The molecule has 0 aliphatic heterocycles. The molecule has 1 aromatic heterocycles. The molecular formula is C10H7N4O2S. The van der Waals surface area contributed by atoms with E-state index in [4.69, 9.17) is 10.6 Å². The Morgan fingerprint density at radius 3 is 2.76 bits per heavy atom. The summed E-state index contributed by atoms with van der Waals surface area (Å²) in [6, 6.07) is 8.82. The lowest BCUT2D eigenvalue weighted by atomic mass is 10.3. The van der Waals surface area contributed by atoms with Gasteiger partial charge < -0.3 is 10.6 Å². The zero-order valence-corrected chi connectivity index (χ0v) is 9.35. The summed E-state index contributed by atoms with van der Waals surface area (Å²) >= 11 is 0.971. The highest BCUT2D eigenvalue weighted by atomic mass is 32.1. The largest absolute Gasteiger partial charge is 0.374 e. The lowest BCUT2D eigenvalue weighted by Gasteiger charge is -1.97. The first-order chi connectivity index (χ1) is 8.29. The number of hydrogen-bond acceptors (Lipinski definition) is 7. The van der Waals surface area contributed by atoms with Gasteiger partial charge in [0.25, 0.3) is 6.29 Å². The Labute approximate surface area is 101 Å². The molecule has 1 radical (unpaired) electrons. The molecule has 0 saturated carbocycles. The third-order valence-corrected chi connectivity index (χ3v) is 2.28. The Morgan fingerprint density at radius 1 is 1.41 bits per heavy atom. The Bertz CT molecular complexity index is 538. The number of aromatic nitrogens is 2. The first-order valence-corrected chi connectivity index (χ1v) is 5.34. The molecule has 7 heteroatoms. The first-order valence-electron chi connectivity index (χ1n) is 4.57. The lowest BCUT2D eigenvalue weighted by molar-refractivity contribution is 0.342. The van der Waals surface area contributed by atoms with Gasteiger partial charge in [0.1, 0.15) is 0 Å². The number of anilines is 1. The van der Waals surface area contributed by atoms with Crippen molar-refractivity contribution in [2.45, 2.75) is 0 Å². The normalized spacial score (nSPS) is 11.2. The van der Waals surface area contributed by atoms with Crippen molar-refractivity contribution in [3.63, 3.8) is 0 Å². The SMILES string of the molecule is Nc1nc(/C([C]=O)=N/Oc2ccccc2)ns1. The van der Waals surface area contributed by atoms with Crippen molar-refractivity contribution in [1.29, 1.82) is 0 Å². The van der Waals surface area contributed by atoms with Gasteiger partial charge in [0.05, 0.1) is 0 Å². The van der Waals surface area contributed by atoms with E-state index in [0.29, 0.717) is 5.75 Å². The molecule has 2 N–H and O–H groups in total. The molecule has 0 fully saturated rings. The van der Waals surface area contributed by atoms with E-state index >= 15 is 0 Å². The summed E-state index contributed by atoms with van der Waals surface area (Å²) in [6.07, 6.45) is 1.60. The maximum absolute atomic E-state index is 10.7. The van der Waals surface area contributed by atoms with Crippen LogP contribution in [0, 0.1) is 0 Å². The molecule has 0 bridgehead atoms. The van der Waals surface area contributed by atoms with Gasteiger partial charge >= 0.3 is 0 Å². The van der Waals surface area contributed by atoms with Gasteiger partial charge in [-0.25, -0.2) is 0 Å². The third-order valence-electron chi connectivity index (χ3n) is 1.74. The number of rotatable bonds is 4. The fourth-order valence-corrected chi connectivity index (χ4v) is 1.45. The highest BCUT2D eigenvalue weighted by Gasteiger charge is 2.10. The van der Waals surface area contributed by atoms with E-state index in [1.807, 2.05) is 6.07 Å². The van der Waals surface area contributed by atoms with Gasteiger partial charge in [0.15, 0.2) is 16.6 Å². The fourth-order valence-electron chi connectivity index (χ4n) is 1.02. The van der Waals surface area contributed by atoms with Crippen LogP contribution in [0.25, 0.3) is 0 Å². The molecule has 85 valence electrons. The quantitative estimate of drug-likeness (QED) is 0.643. The van der Waals surface area contributed by atoms with Crippen LogP contribution < -0.4 is 10.6 Å². The van der Waals surface area contributed by atoms with Crippen LogP contribution in [0.2, 0.25) is 0 Å². The average molecular weight is 247 g/mol. The molecule has 0 aliphatic carbocycles. The number of nitrogen functional groups attached to an aromatic ring is 1. The molecule has 1 heterocycles. The van der Waals surface area contributed by atoms with E-state index in [2.05, 4.69) is 14.5 Å². The average Bonchev–Trinajstić information content (AvgIpc) is 2.78. The molecule has 2 aromatic rings. The van der Waals surface area contributed by atoms with Gasteiger partial charge in [-0.3, -0.25) is 4.79 Å².